The Hall–Kier alpha value is -3.40. The van der Waals surface area contributed by atoms with Crippen molar-refractivity contribution < 1.29 is 14.0 Å². The molecule has 0 aliphatic heterocycles. The van der Waals surface area contributed by atoms with Crippen molar-refractivity contribution in [2.75, 3.05) is 0 Å². The van der Waals surface area contributed by atoms with Gasteiger partial charge in [-0.05, 0) is 43.7 Å². The Balaban J connectivity index is 2.51. The molecule has 1 aromatic heterocycles. The van der Waals surface area contributed by atoms with E-state index in [-0.39, 0.29) is 11.4 Å². The summed E-state index contributed by atoms with van der Waals surface area (Å²) in [5.74, 6) is -1.28. The molecule has 0 saturated carbocycles. The van der Waals surface area contributed by atoms with Gasteiger partial charge in [0.2, 0.25) is 0 Å². The number of rotatable bonds is 3. The lowest BCUT2D eigenvalue weighted by Gasteiger charge is -2.10. The quantitative estimate of drug-likeness (QED) is 0.668. The predicted octanol–water partition coefficient (Wildman–Crippen LogP) is 2.34. The molecule has 2 rings (SSSR count). The van der Waals surface area contributed by atoms with Crippen molar-refractivity contribution in [1.29, 1.82) is 5.26 Å². The minimum atomic E-state index is -1.04. The fourth-order valence-electron chi connectivity index (χ4n) is 2.42. The van der Waals surface area contributed by atoms with Gasteiger partial charge in [-0.15, -0.1) is 0 Å². The molecule has 3 N–H and O–H groups in total. The van der Waals surface area contributed by atoms with E-state index in [4.69, 9.17) is 11.0 Å². The van der Waals surface area contributed by atoms with E-state index in [0.29, 0.717) is 16.9 Å². The van der Waals surface area contributed by atoms with Gasteiger partial charge >= 0.3 is 6.03 Å². The standard InChI is InChI=1S/C17H15FN4O2/c1-10-7-12(8-13(9-19)16(23)21-17(20)24)11(2)22(10)15-6-4-3-5-14(15)18/h3-8H,1-2H3,(H3,20,21,23,24)/b13-8-. The number of aryl methyl sites for hydroxylation is 1. The molecule has 1 heterocycles. The summed E-state index contributed by atoms with van der Waals surface area (Å²) < 4.78 is 15.7. The predicted molar refractivity (Wildman–Crippen MR) is 86.5 cm³/mol. The molecule has 3 amide bonds. The second-order valence-electron chi connectivity index (χ2n) is 5.10. The van der Waals surface area contributed by atoms with Crippen molar-refractivity contribution in [3.05, 3.63) is 58.7 Å². The molecule has 0 unspecified atom stereocenters. The third-order valence-electron chi connectivity index (χ3n) is 3.47. The van der Waals surface area contributed by atoms with Crippen molar-refractivity contribution in [1.82, 2.24) is 9.88 Å². The van der Waals surface area contributed by atoms with Gasteiger partial charge in [0.1, 0.15) is 17.5 Å². The van der Waals surface area contributed by atoms with Crippen LogP contribution >= 0.6 is 0 Å². The third-order valence-corrected chi connectivity index (χ3v) is 3.47. The maximum atomic E-state index is 14.0. The fraction of sp³-hybridized carbons (Fsp3) is 0.118. The summed E-state index contributed by atoms with van der Waals surface area (Å²) in [6, 6.07) is 8.69. The van der Waals surface area contributed by atoms with Crippen LogP contribution < -0.4 is 11.1 Å². The number of aromatic nitrogens is 1. The molecule has 0 aliphatic carbocycles. The van der Waals surface area contributed by atoms with Crippen LogP contribution in [-0.2, 0) is 4.79 Å². The molecule has 7 heteroatoms. The normalized spacial score (nSPS) is 11.0. The van der Waals surface area contributed by atoms with Gasteiger partial charge in [-0.1, -0.05) is 12.1 Å². The molecule has 0 aliphatic rings. The number of carbonyl (C=O) groups excluding carboxylic acids is 2. The van der Waals surface area contributed by atoms with Crippen molar-refractivity contribution in [2.45, 2.75) is 13.8 Å². The number of nitrogens with two attached hydrogens (primary N) is 1. The van der Waals surface area contributed by atoms with E-state index >= 15 is 0 Å². The second-order valence-corrected chi connectivity index (χ2v) is 5.10. The number of amides is 3. The smallest absolute Gasteiger partial charge is 0.319 e. The minimum Gasteiger partial charge on any atom is -0.351 e. The number of benzene rings is 1. The van der Waals surface area contributed by atoms with Crippen molar-refractivity contribution >= 4 is 18.0 Å². The van der Waals surface area contributed by atoms with Crippen LogP contribution in [-0.4, -0.2) is 16.5 Å². The van der Waals surface area contributed by atoms with Gasteiger partial charge in [0.25, 0.3) is 5.91 Å². The van der Waals surface area contributed by atoms with Gasteiger partial charge < -0.3 is 10.3 Å². The molecule has 24 heavy (non-hydrogen) atoms. The number of primary amides is 1. The van der Waals surface area contributed by atoms with Gasteiger partial charge in [0, 0.05) is 11.4 Å². The van der Waals surface area contributed by atoms with E-state index in [1.165, 1.54) is 12.1 Å². The fourth-order valence-corrected chi connectivity index (χ4v) is 2.42. The van der Waals surface area contributed by atoms with Crippen LogP contribution in [0.5, 0.6) is 0 Å². The number of hydrogen-bond donors (Lipinski definition) is 2. The van der Waals surface area contributed by atoms with E-state index in [1.54, 1.807) is 48.7 Å². The minimum absolute atomic E-state index is 0.275. The molecule has 0 fully saturated rings. The van der Waals surface area contributed by atoms with E-state index in [0.717, 1.165) is 5.69 Å². The first-order valence-corrected chi connectivity index (χ1v) is 7.01. The number of halogens is 1. The summed E-state index contributed by atoms with van der Waals surface area (Å²) in [5, 5.41) is 10.9. The van der Waals surface area contributed by atoms with E-state index in [9.17, 15) is 14.0 Å². The monoisotopic (exact) mass is 326 g/mol. The highest BCUT2D eigenvalue weighted by atomic mass is 19.1. The van der Waals surface area contributed by atoms with Gasteiger partial charge in [0.15, 0.2) is 0 Å². The van der Waals surface area contributed by atoms with Crippen molar-refractivity contribution in [3.8, 4) is 11.8 Å². The summed E-state index contributed by atoms with van der Waals surface area (Å²) in [6.45, 7) is 3.53. The zero-order chi connectivity index (χ0) is 17.9. The summed E-state index contributed by atoms with van der Waals surface area (Å²) in [4.78, 5) is 22.5. The molecule has 2 aromatic rings. The number of para-hydroxylation sites is 1. The highest BCUT2D eigenvalue weighted by Crippen LogP contribution is 2.24. The van der Waals surface area contributed by atoms with Crippen LogP contribution in [0.4, 0.5) is 9.18 Å². The second kappa shape index (κ2) is 6.79. The van der Waals surface area contributed by atoms with Gasteiger partial charge in [-0.3, -0.25) is 10.1 Å². The zero-order valence-corrected chi connectivity index (χ0v) is 13.1. The first-order valence-electron chi connectivity index (χ1n) is 7.01. The Morgan fingerprint density at radius 3 is 2.58 bits per heavy atom. The van der Waals surface area contributed by atoms with Gasteiger partial charge in [-0.25, -0.2) is 9.18 Å². The van der Waals surface area contributed by atoms with E-state index in [2.05, 4.69) is 0 Å². The average Bonchev–Trinajstić information content (AvgIpc) is 2.79. The number of carbonyl (C=O) groups is 2. The topological polar surface area (TPSA) is 101 Å². The molecule has 0 bridgehead atoms. The zero-order valence-electron chi connectivity index (χ0n) is 13.1. The Morgan fingerprint density at radius 1 is 1.33 bits per heavy atom. The Bertz CT molecular complexity index is 890. The number of urea groups is 1. The van der Waals surface area contributed by atoms with Crippen molar-refractivity contribution in [2.24, 2.45) is 5.73 Å². The maximum Gasteiger partial charge on any atom is 0.319 e. The number of nitrogens with zero attached hydrogens (tertiary/aromatic N) is 2. The summed E-state index contributed by atoms with van der Waals surface area (Å²) in [5.41, 5.74) is 6.91. The molecule has 0 spiro atoms. The first kappa shape index (κ1) is 17.0. The molecule has 0 atom stereocenters. The molecular weight excluding hydrogens is 311 g/mol. The Labute approximate surface area is 138 Å². The van der Waals surface area contributed by atoms with Crippen LogP contribution in [0.15, 0.2) is 35.9 Å². The lowest BCUT2D eigenvalue weighted by molar-refractivity contribution is -0.115. The first-order chi connectivity index (χ1) is 11.3. The average molecular weight is 326 g/mol. The van der Waals surface area contributed by atoms with Crippen LogP contribution in [0.3, 0.4) is 0 Å². The highest BCUT2D eigenvalue weighted by Gasteiger charge is 2.15. The van der Waals surface area contributed by atoms with Crippen LogP contribution in [0, 0.1) is 31.0 Å². The third kappa shape index (κ3) is 3.33. The highest BCUT2D eigenvalue weighted by molar-refractivity contribution is 6.08. The Kier molecular flexibility index (Phi) is 4.80. The van der Waals surface area contributed by atoms with E-state index < -0.39 is 11.9 Å². The molecular formula is C17H15FN4O2. The number of hydrogen-bond acceptors (Lipinski definition) is 3. The summed E-state index contributed by atoms with van der Waals surface area (Å²) in [7, 11) is 0. The van der Waals surface area contributed by atoms with Crippen LogP contribution in [0.2, 0.25) is 0 Å². The maximum absolute atomic E-state index is 14.0. The summed E-state index contributed by atoms with van der Waals surface area (Å²) >= 11 is 0. The number of imide groups is 1. The number of nitriles is 1. The lowest BCUT2D eigenvalue weighted by Crippen LogP contribution is -2.35. The number of nitrogens with one attached hydrogen (secondary N) is 1. The summed E-state index contributed by atoms with van der Waals surface area (Å²) in [6.07, 6.45) is 1.33. The van der Waals surface area contributed by atoms with Crippen LogP contribution in [0.1, 0.15) is 17.0 Å². The molecule has 1 aromatic carbocycles. The van der Waals surface area contributed by atoms with E-state index in [1.807, 2.05) is 5.32 Å². The molecule has 0 saturated heterocycles. The Morgan fingerprint density at radius 2 is 2.00 bits per heavy atom. The largest absolute Gasteiger partial charge is 0.351 e. The SMILES string of the molecule is Cc1cc(/C=C(/C#N)C(=O)NC(N)=O)c(C)n1-c1ccccc1F. The molecule has 122 valence electrons. The van der Waals surface area contributed by atoms with Gasteiger partial charge in [-0.2, -0.15) is 5.26 Å². The van der Waals surface area contributed by atoms with Crippen molar-refractivity contribution in [3.63, 3.8) is 0 Å². The van der Waals surface area contributed by atoms with Crippen LogP contribution in [0.25, 0.3) is 11.8 Å². The van der Waals surface area contributed by atoms with Gasteiger partial charge in [0.05, 0.1) is 5.69 Å². The molecule has 6 nitrogen and oxygen atoms in total. The lowest BCUT2D eigenvalue weighted by atomic mass is 10.1. The molecule has 0 radical (unpaired) electrons.